The first-order chi connectivity index (χ1) is 8.43. The van der Waals surface area contributed by atoms with Crippen molar-refractivity contribution < 1.29 is 14.4 Å². The average molecular weight is 259 g/mol. The second-order valence-corrected chi connectivity index (χ2v) is 5.73. The standard InChI is InChI=1S/C14H31N2O2/c1-5-6-7-8-9-14(18)15(2)10-11-16(3,4)12-13-17/h17H,5-13H2,1-4H3/q+1. The van der Waals surface area contributed by atoms with Gasteiger partial charge in [-0.3, -0.25) is 4.79 Å². The van der Waals surface area contributed by atoms with Crippen LogP contribution in [0.3, 0.4) is 0 Å². The van der Waals surface area contributed by atoms with Crippen molar-refractivity contribution in [2.24, 2.45) is 0 Å². The maximum Gasteiger partial charge on any atom is 0.222 e. The highest BCUT2D eigenvalue weighted by atomic mass is 16.3. The van der Waals surface area contributed by atoms with Gasteiger partial charge in [-0.1, -0.05) is 26.2 Å². The number of carbonyl (C=O) groups excluding carboxylic acids is 1. The Morgan fingerprint density at radius 1 is 1.17 bits per heavy atom. The van der Waals surface area contributed by atoms with Gasteiger partial charge in [0.25, 0.3) is 0 Å². The van der Waals surface area contributed by atoms with E-state index in [-0.39, 0.29) is 12.5 Å². The largest absolute Gasteiger partial charge is 0.391 e. The number of rotatable bonds is 10. The SMILES string of the molecule is CCCCCCC(=O)N(C)CC[N+](C)(C)CCO. The maximum absolute atomic E-state index is 11.9. The molecule has 0 saturated carbocycles. The molecule has 4 heteroatoms. The Morgan fingerprint density at radius 3 is 2.39 bits per heavy atom. The van der Waals surface area contributed by atoms with E-state index in [2.05, 4.69) is 21.0 Å². The molecule has 0 rings (SSSR count). The molecule has 0 heterocycles. The number of quaternary nitrogens is 1. The Labute approximate surface area is 112 Å². The van der Waals surface area contributed by atoms with Gasteiger partial charge in [0, 0.05) is 13.5 Å². The highest BCUT2D eigenvalue weighted by molar-refractivity contribution is 5.75. The minimum absolute atomic E-state index is 0.196. The first kappa shape index (κ1) is 17.4. The molecule has 0 aliphatic rings. The van der Waals surface area contributed by atoms with Gasteiger partial charge in [-0.2, -0.15) is 0 Å². The van der Waals surface area contributed by atoms with E-state index in [1.54, 1.807) is 0 Å². The number of carbonyl (C=O) groups is 1. The Kier molecular flexibility index (Phi) is 9.02. The zero-order chi connectivity index (χ0) is 14.0. The van der Waals surface area contributed by atoms with Gasteiger partial charge in [-0.15, -0.1) is 0 Å². The van der Waals surface area contributed by atoms with Gasteiger partial charge in [0.05, 0.1) is 33.8 Å². The third-order valence-corrected chi connectivity index (χ3v) is 3.42. The number of unbranched alkanes of at least 4 members (excludes halogenated alkanes) is 3. The average Bonchev–Trinajstić information content (AvgIpc) is 2.31. The fourth-order valence-corrected chi connectivity index (χ4v) is 1.82. The van der Waals surface area contributed by atoms with Crippen LogP contribution < -0.4 is 0 Å². The molecule has 4 nitrogen and oxygen atoms in total. The molecule has 0 radical (unpaired) electrons. The molecular formula is C14H31N2O2+. The lowest BCUT2D eigenvalue weighted by molar-refractivity contribution is -0.890. The van der Waals surface area contributed by atoms with Crippen LogP contribution in [0, 0.1) is 0 Å². The quantitative estimate of drug-likeness (QED) is 0.477. The zero-order valence-corrected chi connectivity index (χ0v) is 12.6. The van der Waals surface area contributed by atoms with Crippen molar-refractivity contribution >= 4 is 5.91 Å². The number of nitrogens with zero attached hydrogens (tertiary/aromatic N) is 2. The smallest absolute Gasteiger partial charge is 0.222 e. The van der Waals surface area contributed by atoms with Crippen molar-refractivity contribution in [2.75, 3.05) is 47.4 Å². The third-order valence-electron chi connectivity index (χ3n) is 3.42. The summed E-state index contributed by atoms with van der Waals surface area (Å²) < 4.78 is 0.754. The summed E-state index contributed by atoms with van der Waals surface area (Å²) in [4.78, 5) is 13.7. The lowest BCUT2D eigenvalue weighted by atomic mass is 10.1. The number of hydrogen-bond donors (Lipinski definition) is 1. The van der Waals surface area contributed by atoms with Crippen LogP contribution in [-0.4, -0.2) is 67.8 Å². The van der Waals surface area contributed by atoms with Gasteiger partial charge in [-0.05, 0) is 6.42 Å². The van der Waals surface area contributed by atoms with Gasteiger partial charge in [0.15, 0.2) is 0 Å². The van der Waals surface area contributed by atoms with Crippen LogP contribution in [0.1, 0.15) is 39.0 Å². The summed E-state index contributed by atoms with van der Waals surface area (Å²) in [6.07, 6.45) is 5.26. The molecule has 1 amide bonds. The number of aliphatic hydroxyl groups is 1. The summed E-state index contributed by atoms with van der Waals surface area (Å²) in [6.45, 7) is 4.76. The summed E-state index contributed by atoms with van der Waals surface area (Å²) in [5.74, 6) is 0.245. The van der Waals surface area contributed by atoms with Crippen LogP contribution in [0.2, 0.25) is 0 Å². The molecule has 0 unspecified atom stereocenters. The maximum atomic E-state index is 11.9. The number of likely N-dealkylation sites (N-methyl/N-ethyl adjacent to an activating group) is 2. The van der Waals surface area contributed by atoms with Crippen LogP contribution in [0.5, 0.6) is 0 Å². The van der Waals surface area contributed by atoms with Crippen LogP contribution in [0.25, 0.3) is 0 Å². The highest BCUT2D eigenvalue weighted by Crippen LogP contribution is 2.05. The molecule has 0 aliphatic carbocycles. The van der Waals surface area contributed by atoms with E-state index in [0.717, 1.165) is 37.0 Å². The van der Waals surface area contributed by atoms with Gasteiger partial charge in [0.2, 0.25) is 5.91 Å². The molecule has 108 valence electrons. The topological polar surface area (TPSA) is 40.5 Å². The second-order valence-electron chi connectivity index (χ2n) is 5.73. The van der Waals surface area contributed by atoms with Crippen LogP contribution in [0.15, 0.2) is 0 Å². The monoisotopic (exact) mass is 259 g/mol. The zero-order valence-electron chi connectivity index (χ0n) is 12.6. The molecule has 1 N–H and O–H groups in total. The van der Waals surface area contributed by atoms with Gasteiger partial charge < -0.3 is 14.5 Å². The molecule has 0 spiro atoms. The minimum Gasteiger partial charge on any atom is -0.391 e. The normalized spacial score (nSPS) is 11.6. The van der Waals surface area contributed by atoms with E-state index >= 15 is 0 Å². The molecule has 0 aromatic carbocycles. The molecule has 0 aromatic rings. The Morgan fingerprint density at radius 2 is 1.83 bits per heavy atom. The van der Waals surface area contributed by atoms with Crippen molar-refractivity contribution in [2.45, 2.75) is 39.0 Å². The third kappa shape index (κ3) is 8.48. The van der Waals surface area contributed by atoms with Crippen molar-refractivity contribution in [3.63, 3.8) is 0 Å². The van der Waals surface area contributed by atoms with Crippen molar-refractivity contribution in [3.8, 4) is 0 Å². The highest BCUT2D eigenvalue weighted by Gasteiger charge is 2.16. The summed E-state index contributed by atoms with van der Waals surface area (Å²) in [6, 6.07) is 0. The van der Waals surface area contributed by atoms with E-state index in [1.165, 1.54) is 12.8 Å². The molecule has 0 bridgehead atoms. The predicted octanol–water partition coefficient (Wildman–Crippen LogP) is 1.48. The molecule has 0 saturated heterocycles. The molecule has 0 aromatic heterocycles. The van der Waals surface area contributed by atoms with E-state index in [4.69, 9.17) is 5.11 Å². The van der Waals surface area contributed by atoms with Crippen molar-refractivity contribution in [1.82, 2.24) is 4.90 Å². The Balaban J connectivity index is 3.80. The molecular weight excluding hydrogens is 228 g/mol. The molecule has 0 fully saturated rings. The fraction of sp³-hybridized carbons (Fsp3) is 0.929. The first-order valence-electron chi connectivity index (χ1n) is 7.09. The number of hydrogen-bond acceptors (Lipinski definition) is 2. The van der Waals surface area contributed by atoms with E-state index in [1.807, 2.05) is 11.9 Å². The summed E-state index contributed by atoms with van der Waals surface area (Å²) >= 11 is 0. The van der Waals surface area contributed by atoms with Crippen LogP contribution in [-0.2, 0) is 4.79 Å². The van der Waals surface area contributed by atoms with E-state index in [0.29, 0.717) is 6.42 Å². The predicted molar refractivity (Wildman–Crippen MR) is 75.3 cm³/mol. The minimum atomic E-state index is 0.196. The van der Waals surface area contributed by atoms with Gasteiger partial charge in [0.1, 0.15) is 6.54 Å². The Bertz CT molecular complexity index is 230. The lowest BCUT2D eigenvalue weighted by Crippen LogP contribution is -2.47. The molecule has 0 aliphatic heterocycles. The second kappa shape index (κ2) is 9.34. The lowest BCUT2D eigenvalue weighted by Gasteiger charge is -2.31. The van der Waals surface area contributed by atoms with Crippen molar-refractivity contribution in [1.29, 1.82) is 0 Å². The first-order valence-corrected chi connectivity index (χ1v) is 7.09. The van der Waals surface area contributed by atoms with Crippen LogP contribution in [0.4, 0.5) is 0 Å². The fourth-order valence-electron chi connectivity index (χ4n) is 1.82. The molecule has 0 atom stereocenters. The van der Waals surface area contributed by atoms with Gasteiger partial charge >= 0.3 is 0 Å². The van der Waals surface area contributed by atoms with Crippen molar-refractivity contribution in [3.05, 3.63) is 0 Å². The summed E-state index contributed by atoms with van der Waals surface area (Å²) in [5, 5.41) is 8.95. The van der Waals surface area contributed by atoms with Gasteiger partial charge in [-0.25, -0.2) is 0 Å². The summed E-state index contributed by atoms with van der Waals surface area (Å²) in [5.41, 5.74) is 0. The molecule has 18 heavy (non-hydrogen) atoms. The van der Waals surface area contributed by atoms with Crippen LogP contribution >= 0.6 is 0 Å². The van der Waals surface area contributed by atoms with E-state index in [9.17, 15) is 4.79 Å². The number of amides is 1. The Hall–Kier alpha value is -0.610. The van der Waals surface area contributed by atoms with E-state index < -0.39 is 0 Å². The number of aliphatic hydroxyl groups excluding tert-OH is 1. The summed E-state index contributed by atoms with van der Waals surface area (Å²) in [7, 11) is 6.03.